The molecule has 116 valence electrons. The lowest BCUT2D eigenvalue weighted by atomic mass is 9.87. The molecule has 0 bridgehead atoms. The summed E-state index contributed by atoms with van der Waals surface area (Å²) in [7, 11) is 0. The first-order valence-corrected chi connectivity index (χ1v) is 7.13. The van der Waals surface area contributed by atoms with Crippen LogP contribution in [0, 0.1) is 10.1 Å². The zero-order chi connectivity index (χ0) is 16.3. The van der Waals surface area contributed by atoms with E-state index in [1.807, 2.05) is 24.3 Å². The molecule has 0 aromatic heterocycles. The third-order valence-electron chi connectivity index (χ3n) is 3.58. The number of benzene rings is 1. The number of aldehydes is 1. The van der Waals surface area contributed by atoms with E-state index in [1.165, 1.54) is 11.6 Å². The van der Waals surface area contributed by atoms with Gasteiger partial charge in [0.2, 0.25) is 5.70 Å². The number of carbonyl (C=O) groups is 1. The SMILES string of the molecule is CC(C)(C)c1ccc(OC2=C(C=O)C=C([N+](=O)[O-])CC2)cc1. The molecule has 0 saturated carbocycles. The topological polar surface area (TPSA) is 69.4 Å². The summed E-state index contributed by atoms with van der Waals surface area (Å²) in [5, 5.41) is 10.8. The van der Waals surface area contributed by atoms with Crippen molar-refractivity contribution in [2.24, 2.45) is 0 Å². The number of carbonyl (C=O) groups excluding carboxylic acids is 1. The van der Waals surface area contributed by atoms with Crippen molar-refractivity contribution < 1.29 is 14.5 Å². The van der Waals surface area contributed by atoms with E-state index in [0.29, 0.717) is 24.2 Å². The minimum absolute atomic E-state index is 0.0394. The van der Waals surface area contributed by atoms with Crippen LogP contribution in [0.1, 0.15) is 39.2 Å². The van der Waals surface area contributed by atoms with Crippen molar-refractivity contribution in [3.8, 4) is 5.75 Å². The van der Waals surface area contributed by atoms with E-state index >= 15 is 0 Å². The molecule has 0 aliphatic heterocycles. The zero-order valence-corrected chi connectivity index (χ0v) is 13.0. The largest absolute Gasteiger partial charge is 0.461 e. The smallest absolute Gasteiger partial charge is 0.247 e. The van der Waals surface area contributed by atoms with Crippen LogP contribution >= 0.6 is 0 Å². The molecule has 0 spiro atoms. The fourth-order valence-corrected chi connectivity index (χ4v) is 2.24. The van der Waals surface area contributed by atoms with Gasteiger partial charge in [-0.15, -0.1) is 0 Å². The second-order valence-electron chi connectivity index (χ2n) is 6.27. The first-order valence-electron chi connectivity index (χ1n) is 7.13. The van der Waals surface area contributed by atoms with Gasteiger partial charge < -0.3 is 4.74 Å². The van der Waals surface area contributed by atoms with Crippen LogP contribution in [0.5, 0.6) is 5.75 Å². The molecule has 5 heteroatoms. The molecule has 2 rings (SSSR count). The molecule has 0 N–H and O–H groups in total. The number of nitro groups is 1. The van der Waals surface area contributed by atoms with Gasteiger partial charge in [-0.3, -0.25) is 14.9 Å². The van der Waals surface area contributed by atoms with Gasteiger partial charge in [-0.2, -0.15) is 0 Å². The first kappa shape index (κ1) is 15.9. The average Bonchev–Trinajstić information content (AvgIpc) is 2.47. The Bertz CT molecular complexity index is 648. The lowest BCUT2D eigenvalue weighted by Gasteiger charge is -2.20. The molecule has 0 fully saturated rings. The van der Waals surface area contributed by atoms with E-state index in [9.17, 15) is 14.9 Å². The molecular weight excluding hydrogens is 282 g/mol. The van der Waals surface area contributed by atoms with Crippen LogP contribution in [-0.2, 0) is 10.2 Å². The second-order valence-corrected chi connectivity index (χ2v) is 6.27. The second kappa shape index (κ2) is 6.13. The molecule has 1 aromatic carbocycles. The Morgan fingerprint density at radius 1 is 1.18 bits per heavy atom. The third kappa shape index (κ3) is 3.61. The van der Waals surface area contributed by atoms with Crippen molar-refractivity contribution >= 4 is 6.29 Å². The molecule has 22 heavy (non-hydrogen) atoms. The molecule has 0 heterocycles. The monoisotopic (exact) mass is 301 g/mol. The van der Waals surface area contributed by atoms with E-state index in [-0.39, 0.29) is 23.1 Å². The van der Waals surface area contributed by atoms with Gasteiger partial charge >= 0.3 is 0 Å². The summed E-state index contributed by atoms with van der Waals surface area (Å²) in [4.78, 5) is 21.4. The van der Waals surface area contributed by atoms with Gasteiger partial charge in [0.15, 0.2) is 6.29 Å². The summed E-state index contributed by atoms with van der Waals surface area (Å²) in [6.45, 7) is 6.38. The Hall–Kier alpha value is -2.43. The summed E-state index contributed by atoms with van der Waals surface area (Å²) >= 11 is 0. The maximum Gasteiger partial charge on any atom is 0.247 e. The van der Waals surface area contributed by atoms with Gasteiger partial charge in [0.1, 0.15) is 11.5 Å². The van der Waals surface area contributed by atoms with E-state index < -0.39 is 4.92 Å². The average molecular weight is 301 g/mol. The van der Waals surface area contributed by atoms with Crippen molar-refractivity contribution in [2.45, 2.75) is 39.0 Å². The highest BCUT2D eigenvalue weighted by molar-refractivity contribution is 5.79. The maximum absolute atomic E-state index is 11.1. The quantitative estimate of drug-likeness (QED) is 0.482. The van der Waals surface area contributed by atoms with Gasteiger partial charge in [-0.05, 0) is 23.1 Å². The van der Waals surface area contributed by atoms with Crippen molar-refractivity contribution in [2.75, 3.05) is 0 Å². The van der Waals surface area contributed by atoms with E-state index in [2.05, 4.69) is 20.8 Å². The van der Waals surface area contributed by atoms with Crippen LogP contribution in [0.3, 0.4) is 0 Å². The lowest BCUT2D eigenvalue weighted by Crippen LogP contribution is -2.12. The van der Waals surface area contributed by atoms with Gasteiger partial charge in [0.05, 0.1) is 10.5 Å². The lowest BCUT2D eigenvalue weighted by molar-refractivity contribution is -0.428. The molecule has 5 nitrogen and oxygen atoms in total. The van der Waals surface area contributed by atoms with Gasteiger partial charge in [-0.25, -0.2) is 0 Å². The van der Waals surface area contributed by atoms with Crippen LogP contribution in [0.4, 0.5) is 0 Å². The number of rotatable bonds is 4. The first-order chi connectivity index (χ1) is 10.3. The predicted molar refractivity (Wildman–Crippen MR) is 83.2 cm³/mol. The highest BCUT2D eigenvalue weighted by Gasteiger charge is 2.22. The van der Waals surface area contributed by atoms with Crippen LogP contribution in [-0.4, -0.2) is 11.2 Å². The zero-order valence-electron chi connectivity index (χ0n) is 13.0. The predicted octanol–water partition coefficient (Wildman–Crippen LogP) is 3.77. The minimum atomic E-state index is -0.460. The number of hydrogen-bond acceptors (Lipinski definition) is 4. The fourth-order valence-electron chi connectivity index (χ4n) is 2.24. The molecule has 1 aliphatic rings. The van der Waals surface area contributed by atoms with Crippen LogP contribution in [0.25, 0.3) is 0 Å². The molecule has 0 unspecified atom stereocenters. The Labute approximate surface area is 129 Å². The number of hydrogen-bond donors (Lipinski definition) is 0. The Kier molecular flexibility index (Phi) is 4.45. The summed E-state index contributed by atoms with van der Waals surface area (Å²) in [5.74, 6) is 1.10. The number of nitrogens with zero attached hydrogens (tertiary/aromatic N) is 1. The van der Waals surface area contributed by atoms with E-state index in [4.69, 9.17) is 4.74 Å². The van der Waals surface area contributed by atoms with Gasteiger partial charge in [-0.1, -0.05) is 32.9 Å². The molecule has 0 radical (unpaired) electrons. The molecule has 0 saturated heterocycles. The highest BCUT2D eigenvalue weighted by Crippen LogP contribution is 2.28. The standard InChI is InChI=1S/C17H19NO4/c1-17(2,3)13-4-7-15(8-5-13)22-16-9-6-14(18(20)21)10-12(16)11-19/h4-5,7-8,10-11H,6,9H2,1-3H3. The molecule has 0 atom stereocenters. The van der Waals surface area contributed by atoms with E-state index in [1.54, 1.807) is 0 Å². The van der Waals surface area contributed by atoms with Crippen molar-refractivity contribution in [3.63, 3.8) is 0 Å². The van der Waals surface area contributed by atoms with E-state index in [0.717, 1.165) is 0 Å². The Balaban J connectivity index is 2.22. The molecule has 1 aliphatic carbocycles. The van der Waals surface area contributed by atoms with Crippen molar-refractivity contribution in [1.29, 1.82) is 0 Å². The minimum Gasteiger partial charge on any atom is -0.461 e. The Morgan fingerprint density at radius 2 is 1.82 bits per heavy atom. The maximum atomic E-state index is 11.1. The molecule has 0 amide bonds. The third-order valence-corrected chi connectivity index (χ3v) is 3.58. The highest BCUT2D eigenvalue weighted by atomic mass is 16.6. The van der Waals surface area contributed by atoms with Crippen molar-refractivity contribution in [3.05, 3.63) is 63.0 Å². The van der Waals surface area contributed by atoms with Crippen LogP contribution in [0.15, 0.2) is 47.4 Å². The van der Waals surface area contributed by atoms with Crippen LogP contribution in [0.2, 0.25) is 0 Å². The summed E-state index contributed by atoms with van der Waals surface area (Å²) < 4.78 is 5.74. The normalized spacial score (nSPS) is 15.3. The number of allylic oxidation sites excluding steroid dienone is 4. The van der Waals surface area contributed by atoms with Crippen molar-refractivity contribution in [1.82, 2.24) is 0 Å². The molecule has 1 aromatic rings. The fraction of sp³-hybridized carbons (Fsp3) is 0.353. The summed E-state index contributed by atoms with van der Waals surface area (Å²) in [6.07, 6.45) is 2.50. The van der Waals surface area contributed by atoms with Gasteiger partial charge in [0.25, 0.3) is 0 Å². The summed E-state index contributed by atoms with van der Waals surface area (Å²) in [5.41, 5.74) is 1.51. The number of ether oxygens (including phenoxy) is 1. The van der Waals surface area contributed by atoms with Crippen LogP contribution < -0.4 is 4.74 Å². The molecular formula is C17H19NO4. The summed E-state index contributed by atoms with van der Waals surface area (Å²) in [6, 6.07) is 7.67. The van der Waals surface area contributed by atoms with Gasteiger partial charge in [0, 0.05) is 18.9 Å². The Morgan fingerprint density at radius 3 is 2.32 bits per heavy atom.